The highest BCUT2D eigenvalue weighted by Gasteiger charge is 2.36. The Labute approximate surface area is 245 Å². The van der Waals surface area contributed by atoms with Crippen molar-refractivity contribution in [2.75, 3.05) is 20.8 Å². The molecule has 0 unspecified atom stereocenters. The number of carbonyl (C=O) groups is 1. The molecule has 0 radical (unpaired) electrons. The highest BCUT2D eigenvalue weighted by Crippen LogP contribution is 2.38. The first kappa shape index (κ1) is 28.6. The van der Waals surface area contributed by atoms with Crippen LogP contribution in [0.25, 0.3) is 6.08 Å². The lowest BCUT2D eigenvalue weighted by Gasteiger charge is -2.27. The smallest absolute Gasteiger partial charge is 0.338 e. The Bertz CT molecular complexity index is 1590. The second kappa shape index (κ2) is 12.2. The van der Waals surface area contributed by atoms with Crippen LogP contribution < -0.4 is 24.4 Å². The molecule has 1 atom stereocenters. The lowest BCUT2D eigenvalue weighted by atomic mass is 9.93. The molecule has 0 saturated heterocycles. The lowest BCUT2D eigenvalue weighted by Crippen LogP contribution is -2.40. The van der Waals surface area contributed by atoms with Crippen LogP contribution in [0.15, 0.2) is 60.3 Å². The normalized spacial score (nSPS) is 15.2. The van der Waals surface area contributed by atoms with Crippen molar-refractivity contribution in [3.8, 4) is 11.5 Å². The molecule has 1 aliphatic rings. The van der Waals surface area contributed by atoms with Crippen molar-refractivity contribution in [3.63, 3.8) is 0 Å². The Balaban J connectivity index is 2.04. The minimum Gasteiger partial charge on any atom is -0.496 e. The van der Waals surface area contributed by atoms with Crippen molar-refractivity contribution in [1.29, 1.82) is 0 Å². The Morgan fingerprint density at radius 1 is 1.16 bits per heavy atom. The first-order valence-corrected chi connectivity index (χ1v) is 14.6. The van der Waals surface area contributed by atoms with Crippen LogP contribution in [0.1, 0.15) is 43.9 Å². The number of thiazole rings is 1. The topological polar surface area (TPSA) is 79.1 Å². The van der Waals surface area contributed by atoms with Crippen LogP contribution in [0.3, 0.4) is 0 Å². The first-order chi connectivity index (χ1) is 18.2. The Morgan fingerprint density at radius 3 is 2.47 bits per heavy atom. The van der Waals surface area contributed by atoms with Gasteiger partial charge in [-0.3, -0.25) is 9.36 Å². The standard InChI is InChI=1S/C27H25Br2ClN2O5S/c1-5-7-19-22(26(34)37-6-2)23(16-13-15(30)8-9-20(16)35-3)32-25(33)21(38-27(32)31-19)12-14-10-17(28)24(36-4)18(29)11-14/h8-13,23H,5-7H2,1-4H3/b21-12+/t23-/m1/s1. The molecule has 0 fully saturated rings. The second-order valence-electron chi connectivity index (χ2n) is 8.32. The third-order valence-corrected chi connectivity index (χ3v) is 8.30. The summed E-state index contributed by atoms with van der Waals surface area (Å²) in [5.41, 5.74) is 1.96. The van der Waals surface area contributed by atoms with Crippen LogP contribution in [-0.2, 0) is 9.53 Å². The molecule has 0 saturated carbocycles. The van der Waals surface area contributed by atoms with E-state index in [2.05, 4.69) is 31.9 Å². The molecule has 2 aromatic carbocycles. The molecule has 2 heterocycles. The van der Waals surface area contributed by atoms with Gasteiger partial charge in [-0.1, -0.05) is 36.3 Å². The predicted molar refractivity (Wildman–Crippen MR) is 156 cm³/mol. The summed E-state index contributed by atoms with van der Waals surface area (Å²) >= 11 is 14.7. The third kappa shape index (κ3) is 5.50. The number of esters is 1. The molecule has 1 aromatic heterocycles. The van der Waals surface area contributed by atoms with Crippen LogP contribution in [0, 0.1) is 0 Å². The van der Waals surface area contributed by atoms with Gasteiger partial charge in [-0.25, -0.2) is 9.79 Å². The number of ether oxygens (including phenoxy) is 3. The van der Waals surface area contributed by atoms with Gasteiger partial charge in [0.15, 0.2) is 4.80 Å². The number of allylic oxidation sites excluding steroid dienone is 1. The van der Waals surface area contributed by atoms with Crippen LogP contribution in [0.5, 0.6) is 11.5 Å². The van der Waals surface area contributed by atoms with Crippen LogP contribution in [0.2, 0.25) is 5.02 Å². The summed E-state index contributed by atoms with van der Waals surface area (Å²) in [5, 5.41) is 0.452. The van der Waals surface area contributed by atoms with Gasteiger partial charge < -0.3 is 14.2 Å². The Kier molecular flexibility index (Phi) is 9.18. The largest absolute Gasteiger partial charge is 0.496 e. The molecule has 1 aliphatic heterocycles. The molecule has 0 aliphatic carbocycles. The van der Waals surface area contributed by atoms with Crippen molar-refractivity contribution in [2.45, 2.75) is 32.7 Å². The maximum Gasteiger partial charge on any atom is 0.338 e. The zero-order valence-electron chi connectivity index (χ0n) is 21.1. The number of methoxy groups -OCH3 is 2. The van der Waals surface area contributed by atoms with Crippen LogP contribution in [0.4, 0.5) is 0 Å². The van der Waals surface area contributed by atoms with E-state index in [0.717, 1.165) is 20.9 Å². The number of benzene rings is 2. The summed E-state index contributed by atoms with van der Waals surface area (Å²) in [6.07, 6.45) is 3.08. The summed E-state index contributed by atoms with van der Waals surface area (Å²) < 4.78 is 19.9. The molecule has 0 amide bonds. The van der Waals surface area contributed by atoms with E-state index in [1.807, 2.05) is 19.1 Å². The first-order valence-electron chi connectivity index (χ1n) is 11.8. The number of carbonyl (C=O) groups excluding carboxylic acids is 1. The van der Waals surface area contributed by atoms with Crippen LogP contribution in [-0.4, -0.2) is 31.4 Å². The van der Waals surface area contributed by atoms with E-state index >= 15 is 0 Å². The number of aromatic nitrogens is 1. The monoisotopic (exact) mass is 682 g/mol. The second-order valence-corrected chi connectivity index (χ2v) is 11.5. The van der Waals surface area contributed by atoms with Crippen LogP contribution >= 0.6 is 54.8 Å². The summed E-state index contributed by atoms with van der Waals surface area (Å²) in [6, 6.07) is 8.05. The predicted octanol–water partition coefficient (Wildman–Crippen LogP) is 5.77. The minimum atomic E-state index is -0.822. The van der Waals surface area contributed by atoms with Gasteiger partial charge >= 0.3 is 5.97 Å². The fraction of sp³-hybridized carbons (Fsp3) is 0.296. The van der Waals surface area contributed by atoms with Gasteiger partial charge in [-0.2, -0.15) is 0 Å². The van der Waals surface area contributed by atoms with Crippen molar-refractivity contribution in [3.05, 3.63) is 86.4 Å². The van der Waals surface area contributed by atoms with E-state index in [9.17, 15) is 9.59 Å². The average molecular weight is 685 g/mol. The molecule has 0 spiro atoms. The summed E-state index contributed by atoms with van der Waals surface area (Å²) in [4.78, 5) is 32.6. The van der Waals surface area contributed by atoms with Crippen molar-refractivity contribution in [2.24, 2.45) is 4.99 Å². The maximum absolute atomic E-state index is 14.0. The van der Waals surface area contributed by atoms with Gasteiger partial charge in [0.25, 0.3) is 5.56 Å². The summed E-state index contributed by atoms with van der Waals surface area (Å²) in [5.74, 6) is 0.625. The molecular weight excluding hydrogens is 660 g/mol. The highest BCUT2D eigenvalue weighted by molar-refractivity contribution is 9.11. The molecule has 38 heavy (non-hydrogen) atoms. The fourth-order valence-electron chi connectivity index (χ4n) is 4.34. The van der Waals surface area contributed by atoms with E-state index in [4.69, 9.17) is 30.8 Å². The van der Waals surface area contributed by atoms with E-state index in [1.54, 1.807) is 38.3 Å². The van der Waals surface area contributed by atoms with Crippen molar-refractivity contribution < 1.29 is 19.0 Å². The molecule has 7 nitrogen and oxygen atoms in total. The SMILES string of the molecule is CCCC1=C(C(=O)OCC)[C@@H](c2cc(Cl)ccc2OC)n2c(s/c(=C/c3cc(Br)c(OC)c(Br)c3)c2=O)=N1. The number of nitrogens with zero attached hydrogens (tertiary/aromatic N) is 2. The van der Waals surface area contributed by atoms with Gasteiger partial charge in [0.2, 0.25) is 0 Å². The van der Waals surface area contributed by atoms with E-state index in [-0.39, 0.29) is 12.2 Å². The van der Waals surface area contributed by atoms with Gasteiger partial charge in [0.05, 0.1) is 45.6 Å². The molecule has 0 N–H and O–H groups in total. The summed E-state index contributed by atoms with van der Waals surface area (Å²) in [7, 11) is 3.12. The maximum atomic E-state index is 14.0. The lowest BCUT2D eigenvalue weighted by molar-refractivity contribution is -0.139. The summed E-state index contributed by atoms with van der Waals surface area (Å²) in [6.45, 7) is 3.94. The molecule has 200 valence electrons. The quantitative estimate of drug-likeness (QED) is 0.282. The van der Waals surface area contributed by atoms with Gasteiger partial charge in [-0.15, -0.1) is 0 Å². The molecular formula is C27H25Br2ClN2O5S. The van der Waals surface area contributed by atoms with Crippen molar-refractivity contribution in [1.82, 2.24) is 4.57 Å². The Hall–Kier alpha value is -2.40. The van der Waals surface area contributed by atoms with E-state index in [1.165, 1.54) is 23.0 Å². The number of rotatable bonds is 8. The molecule has 4 rings (SSSR count). The highest BCUT2D eigenvalue weighted by atomic mass is 79.9. The number of hydrogen-bond acceptors (Lipinski definition) is 7. The van der Waals surface area contributed by atoms with E-state index < -0.39 is 12.0 Å². The van der Waals surface area contributed by atoms with Gasteiger partial charge in [0, 0.05) is 10.6 Å². The average Bonchev–Trinajstić information content (AvgIpc) is 3.17. The zero-order chi connectivity index (χ0) is 27.6. The Morgan fingerprint density at radius 2 is 1.87 bits per heavy atom. The van der Waals surface area contributed by atoms with E-state index in [0.29, 0.717) is 49.1 Å². The number of fused-ring (bicyclic) bond motifs is 1. The zero-order valence-corrected chi connectivity index (χ0v) is 25.9. The molecule has 11 heteroatoms. The minimum absolute atomic E-state index is 0.187. The molecule has 0 bridgehead atoms. The third-order valence-electron chi connectivity index (χ3n) is 5.90. The number of hydrogen-bond donors (Lipinski definition) is 0. The van der Waals surface area contributed by atoms with Gasteiger partial charge in [0.1, 0.15) is 17.5 Å². The molecule has 3 aromatic rings. The number of halogens is 3. The fourth-order valence-corrected chi connectivity index (χ4v) is 7.09. The van der Waals surface area contributed by atoms with Crippen molar-refractivity contribution >= 4 is 66.8 Å². The van der Waals surface area contributed by atoms with Gasteiger partial charge in [-0.05, 0) is 87.2 Å².